The first-order valence-electron chi connectivity index (χ1n) is 4.56. The molecule has 1 saturated heterocycles. The minimum Gasteiger partial charge on any atom is -0.322 e. The molecule has 6 nitrogen and oxygen atoms in total. The quantitative estimate of drug-likeness (QED) is 0.606. The van der Waals surface area contributed by atoms with Crippen molar-refractivity contribution < 1.29 is 13.2 Å². The van der Waals surface area contributed by atoms with Crippen LogP contribution in [-0.2, 0) is 9.84 Å². The molecule has 2 rings (SSSR count). The Bertz CT molecular complexity index is 437. The van der Waals surface area contributed by atoms with Crippen molar-refractivity contribution in [2.45, 2.75) is 0 Å². The predicted molar refractivity (Wildman–Crippen MR) is 53.2 cm³/mol. The number of nitrogens with zero attached hydrogens (tertiary/aromatic N) is 3. The van der Waals surface area contributed by atoms with Gasteiger partial charge in [-0.25, -0.2) is 18.2 Å². The summed E-state index contributed by atoms with van der Waals surface area (Å²) in [6.07, 6.45) is 4.47. The Balaban J connectivity index is 2.06. The third-order valence-electron chi connectivity index (χ3n) is 2.34. The fourth-order valence-corrected chi connectivity index (χ4v) is 2.64. The molecule has 15 heavy (non-hydrogen) atoms. The summed E-state index contributed by atoms with van der Waals surface area (Å²) in [6.45, 7) is 0.526. The van der Waals surface area contributed by atoms with Gasteiger partial charge in [0.25, 0.3) is 0 Å². The van der Waals surface area contributed by atoms with Crippen LogP contribution in [0.3, 0.4) is 0 Å². The van der Waals surface area contributed by atoms with Gasteiger partial charge in [-0.05, 0) is 0 Å². The molecule has 2 heterocycles. The lowest BCUT2D eigenvalue weighted by molar-refractivity contribution is 0.204. The van der Waals surface area contributed by atoms with Gasteiger partial charge in [0.1, 0.15) is 6.33 Å². The highest BCUT2D eigenvalue weighted by Crippen LogP contribution is 2.05. The van der Waals surface area contributed by atoms with Crippen molar-refractivity contribution in [1.29, 1.82) is 0 Å². The van der Waals surface area contributed by atoms with Gasteiger partial charge >= 0.3 is 6.03 Å². The van der Waals surface area contributed by atoms with E-state index in [9.17, 15) is 13.2 Å². The molecular formula is C8H11N3O3S. The number of carbonyl (C=O) groups is 1. The molecule has 1 aromatic rings. The molecule has 0 N–H and O–H groups in total. The summed E-state index contributed by atoms with van der Waals surface area (Å²) in [6, 6.07) is -0.220. The average Bonchev–Trinajstić information content (AvgIpc) is 2.69. The van der Waals surface area contributed by atoms with Gasteiger partial charge in [0.05, 0.1) is 11.5 Å². The van der Waals surface area contributed by atoms with Crippen LogP contribution in [0.25, 0.3) is 0 Å². The van der Waals surface area contributed by atoms with Gasteiger partial charge in [0.2, 0.25) is 0 Å². The molecule has 1 fully saturated rings. The lowest BCUT2D eigenvalue weighted by Crippen LogP contribution is -2.45. The summed E-state index contributed by atoms with van der Waals surface area (Å²) >= 11 is 0. The minimum atomic E-state index is -2.94. The minimum absolute atomic E-state index is 0.0490. The number of sulfone groups is 1. The van der Waals surface area contributed by atoms with Gasteiger partial charge in [0, 0.05) is 25.5 Å². The molecule has 82 valence electrons. The fourth-order valence-electron chi connectivity index (χ4n) is 1.44. The van der Waals surface area contributed by atoms with Gasteiger partial charge in [-0.15, -0.1) is 0 Å². The number of imidazole rings is 1. The molecule has 1 amide bonds. The Labute approximate surface area is 87.4 Å². The van der Waals surface area contributed by atoms with Crippen molar-refractivity contribution in [3.05, 3.63) is 18.7 Å². The van der Waals surface area contributed by atoms with Crippen LogP contribution in [0, 0.1) is 0 Å². The Morgan fingerprint density at radius 3 is 2.47 bits per heavy atom. The maximum absolute atomic E-state index is 11.7. The molecule has 0 bridgehead atoms. The van der Waals surface area contributed by atoms with Crippen molar-refractivity contribution in [3.8, 4) is 0 Å². The SMILES string of the molecule is O=C(N1CCS(=O)(=O)CC1)n1ccnc1. The van der Waals surface area contributed by atoms with E-state index < -0.39 is 9.84 Å². The Hall–Kier alpha value is -1.37. The van der Waals surface area contributed by atoms with Gasteiger partial charge in [-0.3, -0.25) is 4.57 Å². The molecule has 0 atom stereocenters. The number of rotatable bonds is 0. The maximum Gasteiger partial charge on any atom is 0.329 e. The summed E-state index contributed by atoms with van der Waals surface area (Å²) in [5, 5.41) is 0. The van der Waals surface area contributed by atoms with Crippen LogP contribution >= 0.6 is 0 Å². The van der Waals surface area contributed by atoms with E-state index in [1.54, 1.807) is 6.20 Å². The second kappa shape index (κ2) is 3.65. The first kappa shape index (κ1) is 10.2. The van der Waals surface area contributed by atoms with Crippen LogP contribution in [0.2, 0.25) is 0 Å². The first-order chi connectivity index (χ1) is 7.08. The number of aromatic nitrogens is 2. The van der Waals surface area contributed by atoms with Crippen LogP contribution in [-0.4, -0.2) is 53.5 Å². The zero-order valence-corrected chi connectivity index (χ0v) is 8.85. The maximum atomic E-state index is 11.7. The zero-order chi connectivity index (χ0) is 10.9. The number of carbonyl (C=O) groups excluding carboxylic acids is 1. The molecular weight excluding hydrogens is 218 g/mol. The first-order valence-corrected chi connectivity index (χ1v) is 6.38. The Kier molecular flexibility index (Phi) is 2.47. The largest absolute Gasteiger partial charge is 0.329 e. The van der Waals surface area contributed by atoms with Crippen LogP contribution < -0.4 is 0 Å². The van der Waals surface area contributed by atoms with Crippen molar-refractivity contribution in [3.63, 3.8) is 0 Å². The second-order valence-electron chi connectivity index (χ2n) is 3.39. The van der Waals surface area contributed by atoms with Crippen LogP contribution in [0.1, 0.15) is 0 Å². The number of amides is 1. The molecule has 0 unspecified atom stereocenters. The predicted octanol–water partition coefficient (Wildman–Crippen LogP) is -0.418. The summed E-state index contributed by atoms with van der Waals surface area (Å²) in [5.74, 6) is 0.0981. The molecule has 0 spiro atoms. The lowest BCUT2D eigenvalue weighted by atomic mass is 10.5. The Morgan fingerprint density at radius 2 is 1.93 bits per heavy atom. The van der Waals surface area contributed by atoms with E-state index in [-0.39, 0.29) is 30.6 Å². The van der Waals surface area contributed by atoms with E-state index in [2.05, 4.69) is 4.98 Å². The highest BCUT2D eigenvalue weighted by Gasteiger charge is 2.25. The van der Waals surface area contributed by atoms with E-state index in [4.69, 9.17) is 0 Å². The Morgan fingerprint density at radius 1 is 1.27 bits per heavy atom. The van der Waals surface area contributed by atoms with E-state index in [1.165, 1.54) is 22.0 Å². The number of hydrogen-bond donors (Lipinski definition) is 0. The average molecular weight is 229 g/mol. The molecule has 1 aliphatic rings. The second-order valence-corrected chi connectivity index (χ2v) is 5.70. The molecule has 1 aromatic heterocycles. The lowest BCUT2D eigenvalue weighted by Gasteiger charge is -2.26. The molecule has 7 heteroatoms. The van der Waals surface area contributed by atoms with E-state index >= 15 is 0 Å². The molecule has 0 aliphatic carbocycles. The summed E-state index contributed by atoms with van der Waals surface area (Å²) in [5.41, 5.74) is 0. The molecule has 0 radical (unpaired) electrons. The topological polar surface area (TPSA) is 72.3 Å². The van der Waals surface area contributed by atoms with E-state index in [0.717, 1.165) is 0 Å². The monoisotopic (exact) mass is 229 g/mol. The van der Waals surface area contributed by atoms with E-state index in [1.807, 2.05) is 0 Å². The van der Waals surface area contributed by atoms with E-state index in [0.29, 0.717) is 0 Å². The molecule has 0 saturated carbocycles. The smallest absolute Gasteiger partial charge is 0.322 e. The third kappa shape index (κ3) is 2.17. The third-order valence-corrected chi connectivity index (χ3v) is 3.95. The van der Waals surface area contributed by atoms with Crippen LogP contribution in [0.4, 0.5) is 4.79 Å². The fraction of sp³-hybridized carbons (Fsp3) is 0.500. The van der Waals surface area contributed by atoms with Gasteiger partial charge in [-0.2, -0.15) is 0 Å². The molecule has 1 aliphatic heterocycles. The van der Waals surface area contributed by atoms with Crippen molar-refractivity contribution in [2.24, 2.45) is 0 Å². The van der Waals surface area contributed by atoms with Gasteiger partial charge < -0.3 is 4.90 Å². The number of hydrogen-bond acceptors (Lipinski definition) is 4. The van der Waals surface area contributed by atoms with Crippen molar-refractivity contribution in [2.75, 3.05) is 24.6 Å². The van der Waals surface area contributed by atoms with Gasteiger partial charge in [-0.1, -0.05) is 0 Å². The summed E-state index contributed by atoms with van der Waals surface area (Å²) in [4.78, 5) is 17.0. The molecule has 0 aromatic carbocycles. The highest BCUT2D eigenvalue weighted by atomic mass is 32.2. The van der Waals surface area contributed by atoms with Crippen LogP contribution in [0.15, 0.2) is 18.7 Å². The van der Waals surface area contributed by atoms with Crippen molar-refractivity contribution >= 4 is 15.9 Å². The van der Waals surface area contributed by atoms with Crippen LogP contribution in [0.5, 0.6) is 0 Å². The summed E-state index contributed by atoms with van der Waals surface area (Å²) < 4.78 is 23.6. The zero-order valence-electron chi connectivity index (χ0n) is 8.04. The van der Waals surface area contributed by atoms with Gasteiger partial charge in [0.15, 0.2) is 9.84 Å². The van der Waals surface area contributed by atoms with Crippen molar-refractivity contribution in [1.82, 2.24) is 14.5 Å². The standard InChI is InChI=1S/C8H11N3O3S/c12-8(11-2-1-9-7-11)10-3-5-15(13,14)6-4-10/h1-2,7H,3-6H2. The summed E-state index contributed by atoms with van der Waals surface area (Å²) in [7, 11) is -2.94. The normalized spacial score (nSPS) is 20.1. The highest BCUT2D eigenvalue weighted by molar-refractivity contribution is 7.91.